The van der Waals surface area contributed by atoms with Crippen molar-refractivity contribution >= 4 is 28.7 Å². The van der Waals surface area contributed by atoms with Crippen LogP contribution in [-0.2, 0) is 22.6 Å². The number of amides is 1. The number of anilines is 1. The third-order valence-corrected chi connectivity index (χ3v) is 3.63. The molecule has 1 aromatic heterocycles. The average molecular weight is 304 g/mol. The maximum atomic E-state index is 12.0. The van der Waals surface area contributed by atoms with Gasteiger partial charge in [-0.15, -0.1) is 11.3 Å². The summed E-state index contributed by atoms with van der Waals surface area (Å²) >= 11 is 1.47. The maximum absolute atomic E-state index is 12.0. The van der Waals surface area contributed by atoms with Crippen molar-refractivity contribution in [2.24, 2.45) is 0 Å². The molecular weight excluding hydrogens is 288 g/mol. The summed E-state index contributed by atoms with van der Waals surface area (Å²) in [6.07, 6.45) is 0.199. The van der Waals surface area contributed by atoms with Crippen LogP contribution in [0.4, 0.5) is 5.69 Å². The Balaban J connectivity index is 1.97. The second-order valence-corrected chi connectivity index (χ2v) is 5.47. The van der Waals surface area contributed by atoms with Crippen LogP contribution in [0.5, 0.6) is 0 Å². The van der Waals surface area contributed by atoms with Crippen LogP contribution in [0, 0.1) is 0 Å². The molecule has 0 aliphatic carbocycles. The highest BCUT2D eigenvalue weighted by Crippen LogP contribution is 2.14. The lowest BCUT2D eigenvalue weighted by Gasteiger charge is -2.05. The maximum Gasteiger partial charge on any atom is 0.230 e. The predicted octanol–water partition coefficient (Wildman–Crippen LogP) is 2.67. The average Bonchev–Trinajstić information content (AvgIpc) is 2.86. The molecule has 0 radical (unpaired) electrons. The molecule has 0 saturated carbocycles. The summed E-state index contributed by atoms with van der Waals surface area (Å²) in [6.45, 7) is 1.94. The molecule has 1 heterocycles. The Bertz CT molecular complexity index is 652. The standard InChI is InChI=1S/C15H16N2O3S/c1-10(18)11-4-3-5-12(6-11)16-14(19)7-13-9-21-15(17-13)8-20-2/h3-6,9H,7-8H2,1-2H3,(H,16,19). The lowest BCUT2D eigenvalue weighted by Crippen LogP contribution is -2.15. The number of benzene rings is 1. The molecule has 1 aromatic carbocycles. The summed E-state index contributed by atoms with van der Waals surface area (Å²) in [4.78, 5) is 27.6. The van der Waals surface area contributed by atoms with Crippen molar-refractivity contribution in [2.45, 2.75) is 20.0 Å². The molecular formula is C15H16N2O3S. The summed E-state index contributed by atoms with van der Waals surface area (Å²) in [5.41, 5.74) is 1.90. The fourth-order valence-electron chi connectivity index (χ4n) is 1.81. The smallest absolute Gasteiger partial charge is 0.230 e. The molecule has 2 aromatic rings. The van der Waals surface area contributed by atoms with Crippen molar-refractivity contribution in [1.82, 2.24) is 4.98 Å². The van der Waals surface area contributed by atoms with E-state index in [0.717, 1.165) is 5.01 Å². The number of carbonyl (C=O) groups is 2. The van der Waals surface area contributed by atoms with E-state index in [1.54, 1.807) is 31.4 Å². The molecule has 0 bridgehead atoms. The van der Waals surface area contributed by atoms with E-state index >= 15 is 0 Å². The first-order valence-corrected chi connectivity index (χ1v) is 7.29. The zero-order valence-corrected chi connectivity index (χ0v) is 12.7. The number of rotatable bonds is 6. The molecule has 0 unspecified atom stereocenters. The Morgan fingerprint density at radius 3 is 2.90 bits per heavy atom. The van der Waals surface area contributed by atoms with E-state index in [9.17, 15) is 9.59 Å². The minimum atomic E-state index is -0.162. The summed E-state index contributed by atoms with van der Waals surface area (Å²) in [5, 5.41) is 5.46. The minimum Gasteiger partial charge on any atom is -0.378 e. The number of carbonyl (C=O) groups excluding carboxylic acids is 2. The van der Waals surface area contributed by atoms with Crippen molar-refractivity contribution < 1.29 is 14.3 Å². The Morgan fingerprint density at radius 1 is 1.38 bits per heavy atom. The van der Waals surface area contributed by atoms with Gasteiger partial charge in [-0.2, -0.15) is 0 Å². The number of ketones is 1. The van der Waals surface area contributed by atoms with Gasteiger partial charge in [-0.05, 0) is 19.1 Å². The summed E-state index contributed by atoms with van der Waals surface area (Å²) < 4.78 is 4.99. The van der Waals surface area contributed by atoms with Crippen LogP contribution in [0.2, 0.25) is 0 Å². The zero-order valence-electron chi connectivity index (χ0n) is 11.9. The van der Waals surface area contributed by atoms with E-state index in [1.165, 1.54) is 18.3 Å². The Morgan fingerprint density at radius 2 is 2.19 bits per heavy atom. The SMILES string of the molecule is COCc1nc(CC(=O)Nc2cccc(C(C)=O)c2)cs1. The fraction of sp³-hybridized carbons (Fsp3) is 0.267. The van der Waals surface area contributed by atoms with Crippen LogP contribution >= 0.6 is 11.3 Å². The van der Waals surface area contributed by atoms with Crippen molar-refractivity contribution in [1.29, 1.82) is 0 Å². The first kappa shape index (κ1) is 15.3. The van der Waals surface area contributed by atoms with Crippen LogP contribution in [-0.4, -0.2) is 23.8 Å². The van der Waals surface area contributed by atoms with Gasteiger partial charge < -0.3 is 10.1 Å². The lowest BCUT2D eigenvalue weighted by molar-refractivity contribution is -0.115. The second-order valence-electron chi connectivity index (χ2n) is 4.53. The molecule has 1 amide bonds. The van der Waals surface area contributed by atoms with Crippen molar-refractivity contribution in [3.05, 3.63) is 45.9 Å². The zero-order chi connectivity index (χ0) is 15.2. The van der Waals surface area contributed by atoms with Crippen molar-refractivity contribution in [3.63, 3.8) is 0 Å². The number of ether oxygens (including phenoxy) is 1. The van der Waals surface area contributed by atoms with Crippen LogP contribution in [0.25, 0.3) is 0 Å². The number of methoxy groups -OCH3 is 1. The molecule has 0 saturated heterocycles. The molecule has 21 heavy (non-hydrogen) atoms. The van der Waals surface area contributed by atoms with Crippen molar-refractivity contribution in [3.8, 4) is 0 Å². The van der Waals surface area contributed by atoms with Crippen LogP contribution in [0.1, 0.15) is 28.0 Å². The van der Waals surface area contributed by atoms with E-state index < -0.39 is 0 Å². The molecule has 0 aliphatic heterocycles. The van der Waals surface area contributed by atoms with E-state index in [1.807, 2.05) is 5.38 Å². The van der Waals surface area contributed by atoms with Crippen LogP contribution in [0.15, 0.2) is 29.6 Å². The van der Waals surface area contributed by atoms with Gasteiger partial charge in [0.05, 0.1) is 18.7 Å². The fourth-order valence-corrected chi connectivity index (χ4v) is 2.57. The number of hydrogen-bond acceptors (Lipinski definition) is 5. The van der Waals surface area contributed by atoms with Gasteiger partial charge in [0.25, 0.3) is 0 Å². The van der Waals surface area contributed by atoms with Gasteiger partial charge in [0.2, 0.25) is 5.91 Å². The van der Waals surface area contributed by atoms with Gasteiger partial charge in [-0.25, -0.2) is 4.98 Å². The Labute approximate surface area is 127 Å². The second kappa shape index (κ2) is 7.10. The topological polar surface area (TPSA) is 68.3 Å². The monoisotopic (exact) mass is 304 g/mol. The Hall–Kier alpha value is -2.05. The molecule has 110 valence electrons. The molecule has 2 rings (SSSR count). The van der Waals surface area contributed by atoms with Gasteiger partial charge >= 0.3 is 0 Å². The van der Waals surface area contributed by atoms with Gasteiger partial charge in [0.1, 0.15) is 5.01 Å². The quantitative estimate of drug-likeness (QED) is 0.833. The normalized spacial score (nSPS) is 10.4. The molecule has 0 fully saturated rings. The van der Waals surface area contributed by atoms with E-state index in [0.29, 0.717) is 23.6 Å². The highest BCUT2D eigenvalue weighted by Gasteiger charge is 2.09. The molecule has 0 atom stereocenters. The molecule has 6 heteroatoms. The number of hydrogen-bond donors (Lipinski definition) is 1. The Kier molecular flexibility index (Phi) is 5.19. The number of nitrogens with zero attached hydrogens (tertiary/aromatic N) is 1. The summed E-state index contributed by atoms with van der Waals surface area (Å²) in [5.74, 6) is -0.195. The number of nitrogens with one attached hydrogen (secondary N) is 1. The highest BCUT2D eigenvalue weighted by atomic mass is 32.1. The number of aromatic nitrogens is 1. The lowest BCUT2D eigenvalue weighted by atomic mass is 10.1. The summed E-state index contributed by atoms with van der Waals surface area (Å²) in [6, 6.07) is 6.88. The number of Topliss-reactive ketones (excluding diaryl/α,β-unsaturated/α-hetero) is 1. The molecule has 0 aliphatic rings. The predicted molar refractivity (Wildman–Crippen MR) is 81.6 cm³/mol. The first-order valence-electron chi connectivity index (χ1n) is 6.41. The third-order valence-electron chi connectivity index (χ3n) is 2.76. The molecule has 5 nitrogen and oxygen atoms in total. The van der Waals surface area contributed by atoms with Crippen LogP contribution < -0.4 is 5.32 Å². The molecule has 1 N–H and O–H groups in total. The largest absolute Gasteiger partial charge is 0.378 e. The van der Waals surface area contributed by atoms with Gasteiger partial charge in [0.15, 0.2) is 5.78 Å². The van der Waals surface area contributed by atoms with Gasteiger partial charge in [-0.3, -0.25) is 9.59 Å². The third kappa shape index (κ3) is 4.47. The van der Waals surface area contributed by atoms with E-state index in [2.05, 4.69) is 10.3 Å². The van der Waals surface area contributed by atoms with Gasteiger partial charge in [-0.1, -0.05) is 12.1 Å². The minimum absolute atomic E-state index is 0.0326. The molecule has 0 spiro atoms. The van der Waals surface area contributed by atoms with E-state index in [-0.39, 0.29) is 18.1 Å². The highest BCUT2D eigenvalue weighted by molar-refractivity contribution is 7.09. The van der Waals surface area contributed by atoms with Gasteiger partial charge in [0, 0.05) is 23.7 Å². The van der Waals surface area contributed by atoms with Crippen LogP contribution in [0.3, 0.4) is 0 Å². The van der Waals surface area contributed by atoms with Crippen molar-refractivity contribution in [2.75, 3.05) is 12.4 Å². The number of thiazole rings is 1. The first-order chi connectivity index (χ1) is 10.1. The summed E-state index contributed by atoms with van der Waals surface area (Å²) in [7, 11) is 1.61. The van der Waals surface area contributed by atoms with E-state index in [4.69, 9.17) is 4.74 Å².